The van der Waals surface area contributed by atoms with E-state index in [4.69, 9.17) is 4.42 Å². The molecule has 6 nitrogen and oxygen atoms in total. The summed E-state index contributed by atoms with van der Waals surface area (Å²) < 4.78 is 19.6. The number of benzene rings is 2. The van der Waals surface area contributed by atoms with Crippen LogP contribution in [0.3, 0.4) is 0 Å². The molecule has 9 heteroatoms. The summed E-state index contributed by atoms with van der Waals surface area (Å²) in [6, 6.07) is 14.4. The third-order valence-electron chi connectivity index (χ3n) is 4.22. The lowest BCUT2D eigenvalue weighted by Gasteiger charge is -2.08. The Kier molecular flexibility index (Phi) is 5.86. The van der Waals surface area contributed by atoms with Crippen molar-refractivity contribution < 1.29 is 13.6 Å². The number of rotatable bonds is 7. The lowest BCUT2D eigenvalue weighted by atomic mass is 9.98. The lowest BCUT2D eigenvalue weighted by molar-refractivity contribution is -0.113. The first-order valence-electron chi connectivity index (χ1n) is 8.93. The standard InChI is InChI=1S/C20H17FN4O2S2/c1-12(13-5-3-2-4-6-13)9-18-24-25-20(27-18)28-11-17(26)23-19-22-15-8-7-14(21)10-16(15)29-19/h2-8,10,12H,9,11H2,1H3,(H,22,23,26). The van der Waals surface area contributed by atoms with E-state index in [2.05, 4.69) is 39.6 Å². The average molecular weight is 429 g/mol. The van der Waals surface area contributed by atoms with Crippen LogP contribution in [0.15, 0.2) is 58.2 Å². The number of aromatic nitrogens is 3. The van der Waals surface area contributed by atoms with Gasteiger partial charge in [0.2, 0.25) is 11.8 Å². The molecule has 1 atom stereocenters. The molecule has 0 saturated carbocycles. The first-order chi connectivity index (χ1) is 14.1. The van der Waals surface area contributed by atoms with Gasteiger partial charge < -0.3 is 9.73 Å². The molecular formula is C20H17FN4O2S2. The second-order valence-corrected chi connectivity index (χ2v) is 8.40. The summed E-state index contributed by atoms with van der Waals surface area (Å²) in [6.45, 7) is 2.10. The number of amides is 1. The van der Waals surface area contributed by atoms with E-state index in [0.717, 1.165) is 0 Å². The molecule has 0 radical (unpaired) electrons. The number of nitrogens with zero attached hydrogens (tertiary/aromatic N) is 3. The highest BCUT2D eigenvalue weighted by molar-refractivity contribution is 7.99. The molecule has 0 bridgehead atoms. The number of halogens is 1. The van der Waals surface area contributed by atoms with Crippen molar-refractivity contribution in [2.24, 2.45) is 0 Å². The van der Waals surface area contributed by atoms with Crippen molar-refractivity contribution >= 4 is 44.4 Å². The van der Waals surface area contributed by atoms with Crippen LogP contribution in [0.4, 0.5) is 9.52 Å². The van der Waals surface area contributed by atoms with Crippen LogP contribution >= 0.6 is 23.1 Å². The molecule has 4 rings (SSSR count). The van der Waals surface area contributed by atoms with E-state index >= 15 is 0 Å². The predicted molar refractivity (Wildman–Crippen MR) is 112 cm³/mol. The van der Waals surface area contributed by atoms with Gasteiger partial charge in [0.1, 0.15) is 5.82 Å². The third kappa shape index (κ3) is 4.99. The Morgan fingerprint density at radius 2 is 2.07 bits per heavy atom. The molecule has 1 N–H and O–H groups in total. The topological polar surface area (TPSA) is 80.9 Å². The molecule has 0 fully saturated rings. The van der Waals surface area contributed by atoms with Crippen molar-refractivity contribution in [1.29, 1.82) is 0 Å². The van der Waals surface area contributed by atoms with E-state index < -0.39 is 0 Å². The van der Waals surface area contributed by atoms with Gasteiger partial charge in [-0.15, -0.1) is 10.2 Å². The predicted octanol–water partition coefficient (Wildman–Crippen LogP) is 4.90. The summed E-state index contributed by atoms with van der Waals surface area (Å²) in [5.41, 5.74) is 1.85. The maximum Gasteiger partial charge on any atom is 0.277 e. The fraction of sp³-hybridized carbons (Fsp3) is 0.200. The van der Waals surface area contributed by atoms with E-state index in [0.29, 0.717) is 32.9 Å². The van der Waals surface area contributed by atoms with Crippen LogP contribution in [-0.2, 0) is 11.2 Å². The normalized spacial score (nSPS) is 12.2. The molecular weight excluding hydrogens is 411 g/mol. The molecule has 4 aromatic rings. The highest BCUT2D eigenvalue weighted by Gasteiger charge is 2.14. The van der Waals surface area contributed by atoms with Crippen LogP contribution in [0.5, 0.6) is 0 Å². The van der Waals surface area contributed by atoms with Crippen molar-refractivity contribution in [3.63, 3.8) is 0 Å². The van der Waals surface area contributed by atoms with Gasteiger partial charge >= 0.3 is 0 Å². The fourth-order valence-electron chi connectivity index (χ4n) is 2.77. The zero-order chi connectivity index (χ0) is 20.2. The number of thiazole rings is 1. The van der Waals surface area contributed by atoms with Gasteiger partial charge in [-0.25, -0.2) is 9.37 Å². The lowest BCUT2D eigenvalue weighted by Crippen LogP contribution is -2.13. The Morgan fingerprint density at radius 1 is 1.24 bits per heavy atom. The highest BCUT2D eigenvalue weighted by atomic mass is 32.2. The summed E-state index contributed by atoms with van der Waals surface area (Å²) in [5, 5.41) is 11.6. The largest absolute Gasteiger partial charge is 0.416 e. The van der Waals surface area contributed by atoms with Gasteiger partial charge in [0.15, 0.2) is 5.13 Å². The molecule has 29 heavy (non-hydrogen) atoms. The van der Waals surface area contributed by atoms with Crippen molar-refractivity contribution in [3.05, 3.63) is 65.8 Å². The van der Waals surface area contributed by atoms with Gasteiger partial charge in [0, 0.05) is 6.42 Å². The van der Waals surface area contributed by atoms with Crippen LogP contribution in [0.2, 0.25) is 0 Å². The first kappa shape index (κ1) is 19.5. The molecule has 0 aliphatic heterocycles. The Balaban J connectivity index is 1.30. The average Bonchev–Trinajstić information content (AvgIpc) is 3.32. The highest BCUT2D eigenvalue weighted by Crippen LogP contribution is 2.27. The minimum absolute atomic E-state index is 0.111. The van der Waals surface area contributed by atoms with Crippen molar-refractivity contribution in [3.8, 4) is 0 Å². The number of carbonyl (C=O) groups is 1. The molecule has 2 heterocycles. The van der Waals surface area contributed by atoms with Crippen LogP contribution in [-0.4, -0.2) is 26.8 Å². The molecule has 0 aliphatic rings. The molecule has 148 valence electrons. The third-order valence-corrected chi connectivity index (χ3v) is 5.97. The smallest absolute Gasteiger partial charge is 0.277 e. The number of nitrogens with one attached hydrogen (secondary N) is 1. The number of hydrogen-bond acceptors (Lipinski definition) is 7. The summed E-state index contributed by atoms with van der Waals surface area (Å²) in [5.74, 6) is 0.328. The molecule has 2 aromatic heterocycles. The van der Waals surface area contributed by atoms with Gasteiger partial charge in [-0.1, -0.05) is 60.4 Å². The van der Waals surface area contributed by atoms with E-state index in [1.807, 2.05) is 18.2 Å². The maximum absolute atomic E-state index is 13.3. The summed E-state index contributed by atoms with van der Waals surface area (Å²) in [4.78, 5) is 16.4. The molecule has 0 saturated heterocycles. The number of anilines is 1. The first-order valence-corrected chi connectivity index (χ1v) is 10.7. The Morgan fingerprint density at radius 3 is 2.90 bits per heavy atom. The summed E-state index contributed by atoms with van der Waals surface area (Å²) in [6.07, 6.45) is 0.631. The SMILES string of the molecule is CC(Cc1nnc(SCC(=O)Nc2nc3ccc(F)cc3s2)o1)c1ccccc1. The van der Waals surface area contributed by atoms with Gasteiger partial charge in [-0.2, -0.15) is 0 Å². The Labute approximate surface area is 174 Å². The van der Waals surface area contributed by atoms with Crippen molar-refractivity contribution in [2.45, 2.75) is 24.5 Å². The summed E-state index contributed by atoms with van der Waals surface area (Å²) in [7, 11) is 0. The minimum Gasteiger partial charge on any atom is -0.416 e. The van der Waals surface area contributed by atoms with Gasteiger partial charge in [-0.05, 0) is 29.7 Å². The quantitative estimate of drug-likeness (QED) is 0.422. The van der Waals surface area contributed by atoms with E-state index in [1.54, 1.807) is 6.07 Å². The van der Waals surface area contributed by atoms with Crippen molar-refractivity contribution in [2.75, 3.05) is 11.1 Å². The van der Waals surface area contributed by atoms with Crippen LogP contribution in [0.1, 0.15) is 24.3 Å². The minimum atomic E-state index is -0.330. The zero-order valence-corrected chi connectivity index (χ0v) is 17.1. The molecule has 0 aliphatic carbocycles. The number of carbonyl (C=O) groups excluding carboxylic acids is 1. The monoisotopic (exact) mass is 428 g/mol. The molecule has 0 spiro atoms. The molecule has 1 unspecified atom stereocenters. The fourth-order valence-corrected chi connectivity index (χ4v) is 4.26. The summed E-state index contributed by atoms with van der Waals surface area (Å²) >= 11 is 2.39. The van der Waals surface area contributed by atoms with E-state index in [-0.39, 0.29) is 23.4 Å². The Hall–Kier alpha value is -2.78. The number of thioether (sulfide) groups is 1. The van der Waals surface area contributed by atoms with E-state index in [1.165, 1.54) is 40.8 Å². The van der Waals surface area contributed by atoms with Crippen LogP contribution in [0.25, 0.3) is 10.2 Å². The molecule has 2 aromatic carbocycles. The van der Waals surface area contributed by atoms with E-state index in [9.17, 15) is 9.18 Å². The second kappa shape index (κ2) is 8.71. The van der Waals surface area contributed by atoms with Crippen LogP contribution < -0.4 is 5.32 Å². The van der Waals surface area contributed by atoms with Gasteiger partial charge in [0.05, 0.1) is 16.0 Å². The van der Waals surface area contributed by atoms with Gasteiger partial charge in [-0.3, -0.25) is 4.79 Å². The van der Waals surface area contributed by atoms with Crippen LogP contribution in [0, 0.1) is 5.82 Å². The Bertz CT molecular complexity index is 1130. The van der Waals surface area contributed by atoms with Crippen molar-refractivity contribution in [1.82, 2.24) is 15.2 Å². The molecule has 1 amide bonds. The number of hydrogen-bond donors (Lipinski definition) is 1. The second-order valence-electron chi connectivity index (χ2n) is 6.45. The zero-order valence-electron chi connectivity index (χ0n) is 15.5. The maximum atomic E-state index is 13.3. The number of fused-ring (bicyclic) bond motifs is 1. The van der Waals surface area contributed by atoms with Gasteiger partial charge in [0.25, 0.3) is 5.22 Å².